The molecule has 0 aliphatic rings. The van der Waals surface area contributed by atoms with E-state index in [2.05, 4.69) is 0 Å². The second kappa shape index (κ2) is 12.9. The molecule has 1 unspecified atom stereocenters. The SMILES string of the molecule is CCOC(=O)C(C)(C)Oc1c(C)cc(CN(CC(=O)OC(C)(C)C)C(C)c2coc(-c3ccc(C)cc3)n2)cc1C. The fraction of sp³-hybridized carbons (Fsp3) is 0.485. The molecule has 0 radical (unpaired) electrons. The smallest absolute Gasteiger partial charge is 0.349 e. The minimum absolute atomic E-state index is 0.0669. The third-order valence-electron chi connectivity index (χ3n) is 6.58. The van der Waals surface area contributed by atoms with E-state index in [-0.39, 0.29) is 25.2 Å². The molecule has 8 nitrogen and oxygen atoms in total. The molecule has 0 aliphatic carbocycles. The maximum atomic E-state index is 12.9. The number of carbonyl (C=O) groups excluding carboxylic acids is 2. The van der Waals surface area contributed by atoms with Crippen molar-refractivity contribution in [2.45, 2.75) is 93.0 Å². The number of oxazole rings is 1. The molecule has 0 amide bonds. The zero-order valence-corrected chi connectivity index (χ0v) is 26.1. The fourth-order valence-electron chi connectivity index (χ4n) is 4.49. The summed E-state index contributed by atoms with van der Waals surface area (Å²) in [7, 11) is 0. The summed E-state index contributed by atoms with van der Waals surface area (Å²) in [5, 5.41) is 0. The molecule has 41 heavy (non-hydrogen) atoms. The Balaban J connectivity index is 1.89. The van der Waals surface area contributed by atoms with Crippen LogP contribution in [0.15, 0.2) is 47.1 Å². The van der Waals surface area contributed by atoms with E-state index in [4.69, 9.17) is 23.6 Å². The molecular formula is C33H44N2O6. The third kappa shape index (κ3) is 8.67. The summed E-state index contributed by atoms with van der Waals surface area (Å²) in [6, 6.07) is 11.8. The number of aromatic nitrogens is 1. The van der Waals surface area contributed by atoms with Crippen LogP contribution in [0.4, 0.5) is 0 Å². The lowest BCUT2D eigenvalue weighted by Crippen LogP contribution is -2.40. The maximum absolute atomic E-state index is 12.9. The van der Waals surface area contributed by atoms with Crippen molar-refractivity contribution in [1.82, 2.24) is 9.88 Å². The van der Waals surface area contributed by atoms with Crippen LogP contribution in [0.5, 0.6) is 5.75 Å². The summed E-state index contributed by atoms with van der Waals surface area (Å²) in [6.45, 7) is 19.5. The average molecular weight is 565 g/mol. The Bertz CT molecular complexity index is 1330. The first-order valence-electron chi connectivity index (χ1n) is 14.0. The lowest BCUT2D eigenvalue weighted by molar-refractivity contribution is -0.159. The number of benzene rings is 2. The number of hydrogen-bond acceptors (Lipinski definition) is 8. The average Bonchev–Trinajstić information content (AvgIpc) is 3.35. The molecule has 222 valence electrons. The van der Waals surface area contributed by atoms with Crippen LogP contribution in [-0.2, 0) is 25.6 Å². The number of carbonyl (C=O) groups is 2. The molecule has 3 aromatic rings. The first-order chi connectivity index (χ1) is 19.1. The van der Waals surface area contributed by atoms with Crippen LogP contribution in [0.25, 0.3) is 11.5 Å². The largest absolute Gasteiger partial charge is 0.476 e. The lowest BCUT2D eigenvalue weighted by Gasteiger charge is -2.30. The van der Waals surface area contributed by atoms with Crippen molar-refractivity contribution in [3.8, 4) is 17.2 Å². The monoisotopic (exact) mass is 564 g/mol. The van der Waals surface area contributed by atoms with Crippen LogP contribution < -0.4 is 4.74 Å². The molecule has 0 bridgehead atoms. The topological polar surface area (TPSA) is 91.1 Å². The van der Waals surface area contributed by atoms with Gasteiger partial charge in [-0.3, -0.25) is 9.69 Å². The van der Waals surface area contributed by atoms with Crippen LogP contribution >= 0.6 is 0 Å². The second-order valence-corrected chi connectivity index (χ2v) is 12.0. The molecule has 1 aromatic heterocycles. The first-order valence-corrected chi connectivity index (χ1v) is 14.0. The second-order valence-electron chi connectivity index (χ2n) is 12.0. The Labute approximate surface area is 244 Å². The molecule has 0 saturated heterocycles. The highest BCUT2D eigenvalue weighted by Gasteiger charge is 2.33. The number of esters is 2. The molecular weight excluding hydrogens is 520 g/mol. The molecule has 0 aliphatic heterocycles. The Hall–Kier alpha value is -3.65. The molecule has 8 heteroatoms. The van der Waals surface area contributed by atoms with E-state index in [1.807, 2.05) is 89.8 Å². The van der Waals surface area contributed by atoms with Gasteiger partial charge in [0.25, 0.3) is 0 Å². The lowest BCUT2D eigenvalue weighted by atomic mass is 10.0. The zero-order chi connectivity index (χ0) is 30.5. The quantitative estimate of drug-likeness (QED) is 0.233. The van der Waals surface area contributed by atoms with Gasteiger partial charge in [-0.05, 0) is 98.1 Å². The highest BCUT2D eigenvalue weighted by molar-refractivity contribution is 5.79. The van der Waals surface area contributed by atoms with Gasteiger partial charge < -0.3 is 18.6 Å². The van der Waals surface area contributed by atoms with Crippen molar-refractivity contribution >= 4 is 11.9 Å². The molecule has 3 rings (SSSR count). The maximum Gasteiger partial charge on any atom is 0.349 e. The number of aryl methyl sites for hydroxylation is 3. The van der Waals surface area contributed by atoms with Gasteiger partial charge in [-0.1, -0.05) is 29.8 Å². The van der Waals surface area contributed by atoms with Crippen molar-refractivity contribution in [2.75, 3.05) is 13.2 Å². The number of ether oxygens (including phenoxy) is 3. The highest BCUT2D eigenvalue weighted by atomic mass is 16.6. The minimum Gasteiger partial charge on any atom is -0.476 e. The summed E-state index contributed by atoms with van der Waals surface area (Å²) in [4.78, 5) is 32.1. The molecule has 0 fully saturated rings. The van der Waals surface area contributed by atoms with Crippen molar-refractivity contribution in [3.05, 3.63) is 70.6 Å². The van der Waals surface area contributed by atoms with E-state index in [0.29, 0.717) is 23.9 Å². The third-order valence-corrected chi connectivity index (χ3v) is 6.58. The van der Waals surface area contributed by atoms with E-state index in [9.17, 15) is 9.59 Å². The van der Waals surface area contributed by atoms with Crippen LogP contribution in [-0.4, -0.2) is 46.2 Å². The van der Waals surface area contributed by atoms with Gasteiger partial charge in [-0.15, -0.1) is 0 Å². The van der Waals surface area contributed by atoms with Crippen LogP contribution in [0.3, 0.4) is 0 Å². The molecule has 0 spiro atoms. The van der Waals surface area contributed by atoms with Gasteiger partial charge in [0.2, 0.25) is 5.89 Å². The molecule has 0 saturated carbocycles. The molecule has 1 heterocycles. The van der Waals surface area contributed by atoms with Gasteiger partial charge in [0, 0.05) is 12.1 Å². The van der Waals surface area contributed by atoms with Crippen LogP contribution in [0.1, 0.15) is 82.5 Å². The van der Waals surface area contributed by atoms with Crippen LogP contribution in [0, 0.1) is 20.8 Å². The van der Waals surface area contributed by atoms with E-state index in [1.54, 1.807) is 27.0 Å². The summed E-state index contributed by atoms with van der Waals surface area (Å²) >= 11 is 0. The summed E-state index contributed by atoms with van der Waals surface area (Å²) in [6.07, 6.45) is 1.65. The predicted molar refractivity (Wildman–Crippen MR) is 159 cm³/mol. The normalized spacial score (nSPS) is 12.8. The Kier molecular flexibility index (Phi) is 10.0. The number of hydrogen-bond donors (Lipinski definition) is 0. The van der Waals surface area contributed by atoms with Crippen molar-refractivity contribution < 1.29 is 28.2 Å². The number of nitrogens with zero attached hydrogens (tertiary/aromatic N) is 2. The predicted octanol–water partition coefficient (Wildman–Crippen LogP) is 6.89. The summed E-state index contributed by atoms with van der Waals surface area (Å²) in [5.41, 5.74) is 3.77. The molecule has 0 N–H and O–H groups in total. The van der Waals surface area contributed by atoms with Gasteiger partial charge in [0.15, 0.2) is 5.60 Å². The van der Waals surface area contributed by atoms with Crippen molar-refractivity contribution in [1.29, 1.82) is 0 Å². The molecule has 2 aromatic carbocycles. The number of rotatable bonds is 11. The Morgan fingerprint density at radius 2 is 1.61 bits per heavy atom. The van der Waals surface area contributed by atoms with E-state index < -0.39 is 17.2 Å². The van der Waals surface area contributed by atoms with Gasteiger partial charge in [-0.25, -0.2) is 9.78 Å². The first kappa shape index (κ1) is 31.9. The van der Waals surface area contributed by atoms with Gasteiger partial charge in [-0.2, -0.15) is 0 Å². The van der Waals surface area contributed by atoms with Gasteiger partial charge >= 0.3 is 11.9 Å². The van der Waals surface area contributed by atoms with Gasteiger partial charge in [0.1, 0.15) is 17.6 Å². The zero-order valence-electron chi connectivity index (χ0n) is 26.1. The Morgan fingerprint density at radius 3 is 2.17 bits per heavy atom. The van der Waals surface area contributed by atoms with E-state index >= 15 is 0 Å². The van der Waals surface area contributed by atoms with Gasteiger partial charge in [0.05, 0.1) is 24.9 Å². The fourth-order valence-corrected chi connectivity index (χ4v) is 4.49. The van der Waals surface area contributed by atoms with Crippen molar-refractivity contribution in [3.63, 3.8) is 0 Å². The summed E-state index contributed by atoms with van der Waals surface area (Å²) < 4.78 is 22.8. The summed E-state index contributed by atoms with van der Waals surface area (Å²) in [5.74, 6) is 0.424. The Morgan fingerprint density at radius 1 is 1.00 bits per heavy atom. The highest BCUT2D eigenvalue weighted by Crippen LogP contribution is 2.31. The van der Waals surface area contributed by atoms with E-state index in [1.165, 1.54) is 0 Å². The minimum atomic E-state index is -1.13. The molecule has 1 atom stereocenters. The van der Waals surface area contributed by atoms with E-state index in [0.717, 1.165) is 27.8 Å². The van der Waals surface area contributed by atoms with Crippen LogP contribution in [0.2, 0.25) is 0 Å². The van der Waals surface area contributed by atoms with Crippen molar-refractivity contribution in [2.24, 2.45) is 0 Å². The standard InChI is InChI=1S/C33H44N2O6/c1-11-38-31(37)33(9,10)41-29-22(3)16-25(17-23(29)4)18-35(19-28(36)40-32(6,7)8)24(5)27-20-39-30(34-27)26-14-12-21(2)13-15-26/h12-17,20,24H,11,18-19H2,1-10H3.